The lowest BCUT2D eigenvalue weighted by Gasteiger charge is -2.32. The summed E-state index contributed by atoms with van der Waals surface area (Å²) in [5, 5.41) is 3.20. The highest BCUT2D eigenvalue weighted by atomic mass is 16.1. The second kappa shape index (κ2) is 8.31. The molecule has 3 aromatic rings. The third-order valence-corrected chi connectivity index (χ3v) is 5.00. The molecule has 1 aliphatic heterocycles. The highest BCUT2D eigenvalue weighted by Gasteiger charge is 2.21. The Labute approximate surface area is 159 Å². The first-order valence-electron chi connectivity index (χ1n) is 9.60. The van der Waals surface area contributed by atoms with E-state index in [2.05, 4.69) is 26.3 Å². The Kier molecular flexibility index (Phi) is 5.44. The summed E-state index contributed by atoms with van der Waals surface area (Å²) in [6.07, 6.45) is 9.08. The molecule has 1 fully saturated rings. The number of imidazole rings is 1. The van der Waals surface area contributed by atoms with Gasteiger partial charge in [-0.15, -0.1) is 0 Å². The number of amides is 1. The number of carbonyl (C=O) groups is 1. The quantitative estimate of drug-likeness (QED) is 0.731. The number of hydrogen-bond donors (Lipinski definition) is 1. The van der Waals surface area contributed by atoms with Crippen LogP contribution in [0.4, 0.5) is 0 Å². The number of fused-ring (bicyclic) bond motifs is 1. The number of carbonyl (C=O) groups excluding carboxylic acids is 1. The Morgan fingerprint density at radius 1 is 1.19 bits per heavy atom. The van der Waals surface area contributed by atoms with Crippen molar-refractivity contribution in [3.8, 4) is 0 Å². The van der Waals surface area contributed by atoms with E-state index in [9.17, 15) is 4.79 Å². The molecular formula is C21H25N5O. The second-order valence-corrected chi connectivity index (χ2v) is 7.16. The normalized spacial score (nSPS) is 17.9. The Morgan fingerprint density at radius 2 is 2.11 bits per heavy atom. The number of likely N-dealkylation sites (tertiary alicyclic amines) is 1. The maximum Gasteiger partial charge on any atom is 0.220 e. The standard InChI is InChI=1S/C21H25N5O/c27-21(10-9-19-16-26-13-4-2-8-20(26)23-19)24-18-7-5-12-25(15-18)14-17-6-1-3-11-22-17/h1-4,6,8,11,13,16,18H,5,7,9-10,12,14-15H2,(H,24,27). The van der Waals surface area contributed by atoms with Crippen molar-refractivity contribution >= 4 is 11.6 Å². The lowest BCUT2D eigenvalue weighted by Crippen LogP contribution is -2.47. The van der Waals surface area contributed by atoms with E-state index in [1.54, 1.807) is 0 Å². The fourth-order valence-electron chi connectivity index (χ4n) is 3.69. The third kappa shape index (κ3) is 4.71. The van der Waals surface area contributed by atoms with Crippen LogP contribution in [0.15, 0.2) is 55.0 Å². The van der Waals surface area contributed by atoms with Gasteiger partial charge in [0.25, 0.3) is 0 Å². The van der Waals surface area contributed by atoms with E-state index < -0.39 is 0 Å². The van der Waals surface area contributed by atoms with Gasteiger partial charge in [0.05, 0.1) is 11.4 Å². The molecule has 27 heavy (non-hydrogen) atoms. The summed E-state index contributed by atoms with van der Waals surface area (Å²) in [5.74, 6) is 0.108. The summed E-state index contributed by atoms with van der Waals surface area (Å²) in [7, 11) is 0. The molecular weight excluding hydrogens is 338 g/mol. The van der Waals surface area contributed by atoms with Gasteiger partial charge in [-0.2, -0.15) is 0 Å². The van der Waals surface area contributed by atoms with Crippen LogP contribution in [0.2, 0.25) is 0 Å². The summed E-state index contributed by atoms with van der Waals surface area (Å²) in [6.45, 7) is 2.79. The van der Waals surface area contributed by atoms with Gasteiger partial charge in [0, 0.05) is 44.1 Å². The van der Waals surface area contributed by atoms with Crippen molar-refractivity contribution in [2.75, 3.05) is 13.1 Å². The van der Waals surface area contributed by atoms with Gasteiger partial charge < -0.3 is 9.72 Å². The highest BCUT2D eigenvalue weighted by molar-refractivity contribution is 5.76. The van der Waals surface area contributed by atoms with Gasteiger partial charge in [0.1, 0.15) is 5.65 Å². The van der Waals surface area contributed by atoms with Crippen LogP contribution < -0.4 is 5.32 Å². The molecule has 1 N–H and O–H groups in total. The number of rotatable bonds is 6. The molecule has 0 aromatic carbocycles. The van der Waals surface area contributed by atoms with Crippen LogP contribution in [0.5, 0.6) is 0 Å². The Morgan fingerprint density at radius 3 is 2.96 bits per heavy atom. The minimum absolute atomic E-state index is 0.108. The summed E-state index contributed by atoms with van der Waals surface area (Å²) < 4.78 is 1.99. The van der Waals surface area contributed by atoms with Crippen LogP contribution >= 0.6 is 0 Å². The molecule has 0 aliphatic carbocycles. The first-order chi connectivity index (χ1) is 13.3. The zero-order valence-electron chi connectivity index (χ0n) is 15.4. The van der Waals surface area contributed by atoms with Crippen molar-refractivity contribution in [1.29, 1.82) is 0 Å². The largest absolute Gasteiger partial charge is 0.352 e. The fraction of sp³-hybridized carbons (Fsp3) is 0.381. The van der Waals surface area contributed by atoms with Crippen molar-refractivity contribution < 1.29 is 4.79 Å². The zero-order chi connectivity index (χ0) is 18.5. The number of piperidine rings is 1. The molecule has 0 bridgehead atoms. The topological polar surface area (TPSA) is 62.5 Å². The van der Waals surface area contributed by atoms with Crippen LogP contribution in [0.25, 0.3) is 5.65 Å². The number of nitrogens with zero attached hydrogens (tertiary/aromatic N) is 4. The molecule has 0 spiro atoms. The molecule has 4 rings (SSSR count). The minimum atomic E-state index is 0.108. The molecule has 1 unspecified atom stereocenters. The van der Waals surface area contributed by atoms with Crippen LogP contribution in [0.3, 0.4) is 0 Å². The molecule has 3 aromatic heterocycles. The average Bonchev–Trinajstić information content (AvgIpc) is 3.11. The van der Waals surface area contributed by atoms with Crippen molar-refractivity contribution in [3.05, 3.63) is 66.4 Å². The second-order valence-electron chi connectivity index (χ2n) is 7.16. The van der Waals surface area contributed by atoms with Crippen LogP contribution in [0, 0.1) is 0 Å². The minimum Gasteiger partial charge on any atom is -0.352 e. The molecule has 0 radical (unpaired) electrons. The van der Waals surface area contributed by atoms with Crippen molar-refractivity contribution in [2.45, 2.75) is 38.3 Å². The number of pyridine rings is 2. The molecule has 140 valence electrons. The summed E-state index contributed by atoms with van der Waals surface area (Å²) >= 11 is 0. The summed E-state index contributed by atoms with van der Waals surface area (Å²) in [4.78, 5) is 23.7. The summed E-state index contributed by atoms with van der Waals surface area (Å²) in [5.41, 5.74) is 2.96. The van der Waals surface area contributed by atoms with E-state index in [1.165, 1.54) is 0 Å². The lowest BCUT2D eigenvalue weighted by molar-refractivity contribution is -0.122. The van der Waals surface area contributed by atoms with E-state index in [0.717, 1.165) is 49.5 Å². The van der Waals surface area contributed by atoms with Gasteiger partial charge in [0.2, 0.25) is 5.91 Å². The number of aryl methyl sites for hydroxylation is 1. The van der Waals surface area contributed by atoms with Crippen LogP contribution in [0.1, 0.15) is 30.7 Å². The van der Waals surface area contributed by atoms with Crippen molar-refractivity contribution in [1.82, 2.24) is 24.6 Å². The molecule has 6 heteroatoms. The lowest BCUT2D eigenvalue weighted by atomic mass is 10.0. The van der Waals surface area contributed by atoms with E-state index >= 15 is 0 Å². The van der Waals surface area contributed by atoms with Gasteiger partial charge >= 0.3 is 0 Å². The van der Waals surface area contributed by atoms with E-state index in [-0.39, 0.29) is 11.9 Å². The molecule has 1 amide bonds. The molecule has 4 heterocycles. The van der Waals surface area contributed by atoms with E-state index in [4.69, 9.17) is 0 Å². The predicted molar refractivity (Wildman–Crippen MR) is 104 cm³/mol. The van der Waals surface area contributed by atoms with Crippen LogP contribution in [-0.2, 0) is 17.8 Å². The molecule has 1 atom stereocenters. The molecule has 6 nitrogen and oxygen atoms in total. The predicted octanol–water partition coefficient (Wildman–Crippen LogP) is 2.44. The molecule has 1 saturated heterocycles. The van der Waals surface area contributed by atoms with E-state index in [1.807, 2.05) is 53.3 Å². The van der Waals surface area contributed by atoms with Crippen molar-refractivity contribution in [3.63, 3.8) is 0 Å². The average molecular weight is 363 g/mol. The van der Waals surface area contributed by atoms with Gasteiger partial charge in [-0.3, -0.25) is 14.7 Å². The fourth-order valence-corrected chi connectivity index (χ4v) is 3.69. The number of hydrogen-bond acceptors (Lipinski definition) is 4. The molecule has 1 aliphatic rings. The Bertz CT molecular complexity index is 859. The van der Waals surface area contributed by atoms with Gasteiger partial charge in [0.15, 0.2) is 0 Å². The van der Waals surface area contributed by atoms with Crippen molar-refractivity contribution in [2.24, 2.45) is 0 Å². The first-order valence-corrected chi connectivity index (χ1v) is 9.60. The maximum absolute atomic E-state index is 12.4. The maximum atomic E-state index is 12.4. The van der Waals surface area contributed by atoms with Gasteiger partial charge in [-0.1, -0.05) is 12.1 Å². The number of nitrogens with one attached hydrogen (secondary N) is 1. The monoisotopic (exact) mass is 363 g/mol. The highest BCUT2D eigenvalue weighted by Crippen LogP contribution is 2.13. The van der Waals surface area contributed by atoms with Crippen LogP contribution in [-0.4, -0.2) is 44.3 Å². The Balaban J connectivity index is 1.26. The zero-order valence-corrected chi connectivity index (χ0v) is 15.4. The smallest absolute Gasteiger partial charge is 0.220 e. The number of aromatic nitrogens is 3. The Hall–Kier alpha value is -2.73. The summed E-state index contributed by atoms with van der Waals surface area (Å²) in [6, 6.07) is 12.1. The van der Waals surface area contributed by atoms with E-state index in [0.29, 0.717) is 12.8 Å². The first kappa shape index (κ1) is 17.7. The van der Waals surface area contributed by atoms with Gasteiger partial charge in [-0.25, -0.2) is 4.98 Å². The molecule has 0 saturated carbocycles. The SMILES string of the molecule is O=C(CCc1cn2ccccc2n1)NC1CCCN(Cc2ccccn2)C1. The third-order valence-electron chi connectivity index (χ3n) is 5.00. The van der Waals surface area contributed by atoms with Gasteiger partial charge in [-0.05, 0) is 50.1 Å².